The van der Waals surface area contributed by atoms with Gasteiger partial charge in [-0.15, -0.1) is 0 Å². The number of aryl methyl sites for hydroxylation is 3. The molecular weight excluding hydrogens is 278 g/mol. The van der Waals surface area contributed by atoms with Crippen molar-refractivity contribution in [3.05, 3.63) is 34.4 Å². The standard InChI is InChI=1S/C17H25N3S/c1-12-9-13(2)16(14(3)10-12)11-18-20-17(21)19-15-7-5-4-6-8-15/h9-11,15H,4-8H2,1-3H3,(H2,19,20,21). The van der Waals surface area contributed by atoms with Gasteiger partial charge in [0.1, 0.15) is 0 Å². The molecule has 1 aliphatic rings. The van der Waals surface area contributed by atoms with Gasteiger partial charge >= 0.3 is 0 Å². The first kappa shape index (κ1) is 16.0. The van der Waals surface area contributed by atoms with Crippen molar-refractivity contribution >= 4 is 23.5 Å². The number of hydrogen-bond acceptors (Lipinski definition) is 2. The summed E-state index contributed by atoms with van der Waals surface area (Å²) in [6, 6.07) is 4.86. The minimum atomic E-state index is 0.511. The summed E-state index contributed by atoms with van der Waals surface area (Å²) in [5.41, 5.74) is 7.86. The fraction of sp³-hybridized carbons (Fsp3) is 0.529. The fourth-order valence-corrected chi connectivity index (χ4v) is 3.23. The van der Waals surface area contributed by atoms with E-state index in [0.29, 0.717) is 11.2 Å². The molecule has 0 unspecified atom stereocenters. The van der Waals surface area contributed by atoms with Gasteiger partial charge < -0.3 is 5.32 Å². The molecule has 21 heavy (non-hydrogen) atoms. The molecule has 3 nitrogen and oxygen atoms in total. The zero-order chi connectivity index (χ0) is 15.2. The molecule has 2 N–H and O–H groups in total. The molecule has 0 radical (unpaired) electrons. The highest BCUT2D eigenvalue weighted by Crippen LogP contribution is 2.17. The number of benzene rings is 1. The molecular formula is C17H25N3S. The van der Waals surface area contributed by atoms with Crippen molar-refractivity contribution in [2.75, 3.05) is 0 Å². The van der Waals surface area contributed by atoms with Gasteiger partial charge in [0.15, 0.2) is 5.11 Å². The smallest absolute Gasteiger partial charge is 0.187 e. The molecule has 0 aliphatic heterocycles. The van der Waals surface area contributed by atoms with E-state index in [1.807, 2.05) is 6.21 Å². The van der Waals surface area contributed by atoms with Crippen LogP contribution in [0.25, 0.3) is 0 Å². The summed E-state index contributed by atoms with van der Waals surface area (Å²) in [6.07, 6.45) is 8.22. The third-order valence-corrected chi connectivity index (χ3v) is 4.25. The summed E-state index contributed by atoms with van der Waals surface area (Å²) >= 11 is 5.30. The molecule has 2 rings (SSSR count). The monoisotopic (exact) mass is 303 g/mol. The largest absolute Gasteiger partial charge is 0.359 e. The Morgan fingerprint density at radius 1 is 1.14 bits per heavy atom. The van der Waals surface area contributed by atoms with E-state index in [1.165, 1.54) is 48.8 Å². The molecule has 0 saturated heterocycles. The third-order valence-electron chi connectivity index (χ3n) is 4.04. The molecule has 0 bridgehead atoms. The van der Waals surface area contributed by atoms with E-state index >= 15 is 0 Å². The Labute approximate surface area is 133 Å². The van der Waals surface area contributed by atoms with E-state index < -0.39 is 0 Å². The topological polar surface area (TPSA) is 36.4 Å². The van der Waals surface area contributed by atoms with E-state index in [4.69, 9.17) is 12.2 Å². The lowest BCUT2D eigenvalue weighted by molar-refractivity contribution is 0.412. The maximum absolute atomic E-state index is 5.30. The van der Waals surface area contributed by atoms with Crippen LogP contribution in [0.3, 0.4) is 0 Å². The number of rotatable bonds is 3. The average molecular weight is 303 g/mol. The molecule has 1 aromatic carbocycles. The number of hydrogen-bond donors (Lipinski definition) is 2. The maximum atomic E-state index is 5.30. The molecule has 114 valence electrons. The van der Waals surface area contributed by atoms with E-state index in [1.54, 1.807) is 0 Å². The van der Waals surface area contributed by atoms with Crippen molar-refractivity contribution in [3.8, 4) is 0 Å². The van der Waals surface area contributed by atoms with E-state index in [2.05, 4.69) is 48.7 Å². The van der Waals surface area contributed by atoms with Gasteiger partial charge in [-0.3, -0.25) is 5.43 Å². The summed E-state index contributed by atoms with van der Waals surface area (Å²) in [5.74, 6) is 0. The van der Waals surface area contributed by atoms with Crippen molar-refractivity contribution in [1.29, 1.82) is 0 Å². The quantitative estimate of drug-likeness (QED) is 0.507. The van der Waals surface area contributed by atoms with Crippen LogP contribution >= 0.6 is 12.2 Å². The highest BCUT2D eigenvalue weighted by atomic mass is 32.1. The van der Waals surface area contributed by atoms with Gasteiger partial charge in [0.05, 0.1) is 6.21 Å². The van der Waals surface area contributed by atoms with Crippen LogP contribution in [-0.2, 0) is 0 Å². The molecule has 0 atom stereocenters. The Kier molecular flexibility index (Phi) is 5.74. The lowest BCUT2D eigenvalue weighted by Gasteiger charge is -2.23. The summed E-state index contributed by atoms with van der Waals surface area (Å²) in [7, 11) is 0. The summed E-state index contributed by atoms with van der Waals surface area (Å²) in [5, 5.41) is 8.26. The Balaban J connectivity index is 1.88. The maximum Gasteiger partial charge on any atom is 0.187 e. The Hall–Kier alpha value is -1.42. The minimum absolute atomic E-state index is 0.511. The first-order valence-corrected chi connectivity index (χ1v) is 8.14. The van der Waals surface area contributed by atoms with Crippen molar-refractivity contribution in [3.63, 3.8) is 0 Å². The minimum Gasteiger partial charge on any atom is -0.359 e. The molecule has 1 saturated carbocycles. The molecule has 0 spiro atoms. The molecule has 1 fully saturated rings. The second-order valence-electron chi connectivity index (χ2n) is 5.99. The highest BCUT2D eigenvalue weighted by molar-refractivity contribution is 7.80. The third kappa shape index (κ3) is 4.81. The molecule has 0 aromatic heterocycles. The summed E-state index contributed by atoms with van der Waals surface area (Å²) in [6.45, 7) is 6.34. The molecule has 4 heteroatoms. The van der Waals surface area contributed by atoms with Gasteiger partial charge in [0, 0.05) is 11.6 Å². The van der Waals surface area contributed by atoms with Crippen molar-refractivity contribution < 1.29 is 0 Å². The van der Waals surface area contributed by atoms with Crippen LogP contribution in [0.4, 0.5) is 0 Å². The average Bonchev–Trinajstić information content (AvgIpc) is 2.42. The van der Waals surface area contributed by atoms with Crippen molar-refractivity contribution in [2.24, 2.45) is 5.10 Å². The Bertz CT molecular complexity index is 508. The molecule has 0 amide bonds. The van der Waals surface area contributed by atoms with Crippen LogP contribution in [0.1, 0.15) is 54.4 Å². The van der Waals surface area contributed by atoms with E-state index in [-0.39, 0.29) is 0 Å². The summed E-state index contributed by atoms with van der Waals surface area (Å²) < 4.78 is 0. The molecule has 1 aromatic rings. The van der Waals surface area contributed by atoms with E-state index in [0.717, 1.165) is 5.56 Å². The van der Waals surface area contributed by atoms with Crippen LogP contribution in [0.5, 0.6) is 0 Å². The predicted molar refractivity (Wildman–Crippen MR) is 94.0 cm³/mol. The van der Waals surface area contributed by atoms with Crippen LogP contribution in [0.15, 0.2) is 17.2 Å². The first-order valence-electron chi connectivity index (χ1n) is 7.73. The molecule has 1 aliphatic carbocycles. The second-order valence-corrected chi connectivity index (χ2v) is 6.40. The Morgan fingerprint density at radius 2 is 1.76 bits per heavy atom. The van der Waals surface area contributed by atoms with Crippen molar-refractivity contribution in [1.82, 2.24) is 10.7 Å². The predicted octanol–water partition coefficient (Wildman–Crippen LogP) is 3.74. The van der Waals surface area contributed by atoms with Gasteiger partial charge in [-0.05, 0) is 57.0 Å². The number of thiocarbonyl (C=S) groups is 1. The second kappa shape index (κ2) is 7.55. The lowest BCUT2D eigenvalue weighted by Crippen LogP contribution is -2.40. The number of nitrogens with one attached hydrogen (secondary N) is 2. The SMILES string of the molecule is Cc1cc(C)c(C=NNC(=S)NC2CCCCC2)c(C)c1. The van der Waals surface area contributed by atoms with Crippen LogP contribution in [0, 0.1) is 20.8 Å². The van der Waals surface area contributed by atoms with Gasteiger partial charge in [-0.2, -0.15) is 5.10 Å². The van der Waals surface area contributed by atoms with Gasteiger partial charge in [0.25, 0.3) is 0 Å². The lowest BCUT2D eigenvalue weighted by atomic mass is 9.96. The van der Waals surface area contributed by atoms with Crippen LogP contribution in [-0.4, -0.2) is 17.4 Å². The summed E-state index contributed by atoms with van der Waals surface area (Å²) in [4.78, 5) is 0. The first-order chi connectivity index (χ1) is 10.1. The van der Waals surface area contributed by atoms with E-state index in [9.17, 15) is 0 Å². The van der Waals surface area contributed by atoms with Crippen LogP contribution < -0.4 is 10.7 Å². The normalized spacial score (nSPS) is 16.1. The zero-order valence-corrected chi connectivity index (χ0v) is 14.0. The highest BCUT2D eigenvalue weighted by Gasteiger charge is 2.13. The van der Waals surface area contributed by atoms with Gasteiger partial charge in [0.2, 0.25) is 0 Å². The molecule has 0 heterocycles. The van der Waals surface area contributed by atoms with Crippen LogP contribution in [0.2, 0.25) is 0 Å². The fourth-order valence-electron chi connectivity index (χ4n) is 3.01. The number of hydrazone groups is 1. The van der Waals surface area contributed by atoms with Crippen molar-refractivity contribution in [2.45, 2.75) is 58.9 Å². The number of nitrogens with zero attached hydrogens (tertiary/aromatic N) is 1. The zero-order valence-electron chi connectivity index (χ0n) is 13.2. The Morgan fingerprint density at radius 3 is 2.38 bits per heavy atom. The van der Waals surface area contributed by atoms with Gasteiger partial charge in [-0.25, -0.2) is 0 Å². The van der Waals surface area contributed by atoms with Gasteiger partial charge in [-0.1, -0.05) is 37.0 Å².